The summed E-state index contributed by atoms with van der Waals surface area (Å²) in [5.41, 5.74) is 2.35. The summed E-state index contributed by atoms with van der Waals surface area (Å²) in [6.07, 6.45) is 3.77. The Balaban J connectivity index is 2.07. The fraction of sp³-hybridized carbons (Fsp3) is 0.150. The lowest BCUT2D eigenvalue weighted by Gasteiger charge is -2.29. The van der Waals surface area contributed by atoms with Crippen molar-refractivity contribution in [2.45, 2.75) is 6.42 Å². The zero-order valence-electron chi connectivity index (χ0n) is 14.2. The van der Waals surface area contributed by atoms with Gasteiger partial charge in [-0.05, 0) is 47.5 Å². The van der Waals surface area contributed by atoms with Gasteiger partial charge in [-0.25, -0.2) is 0 Å². The molecule has 0 aliphatic carbocycles. The first kappa shape index (κ1) is 17.4. The number of carbonyl (C=O) groups is 1. The zero-order chi connectivity index (χ0) is 18.8. The summed E-state index contributed by atoms with van der Waals surface area (Å²) in [5.74, 6) is -0.974. The number of hydrogen-bond acceptors (Lipinski definition) is 6. The van der Waals surface area contributed by atoms with Crippen LogP contribution in [0.25, 0.3) is 12.2 Å². The molecule has 0 amide bonds. The molecule has 0 radical (unpaired) electrons. The summed E-state index contributed by atoms with van der Waals surface area (Å²) in [4.78, 5) is 14.4. The minimum atomic E-state index is -0.259. The number of Topliss-reactive ketones (excluding diaryl/α,β-unsaturated/α-hetero) is 1. The van der Waals surface area contributed by atoms with Crippen molar-refractivity contribution in [1.82, 2.24) is 4.90 Å². The number of allylic oxidation sites excluding steroid dienone is 1. The molecule has 4 N–H and O–H groups in total. The second kappa shape index (κ2) is 6.84. The van der Waals surface area contributed by atoms with Gasteiger partial charge in [0.1, 0.15) is 0 Å². The summed E-state index contributed by atoms with van der Waals surface area (Å²) in [5, 5.41) is 38.2. The molecule has 0 saturated carbocycles. The van der Waals surface area contributed by atoms with Crippen molar-refractivity contribution in [3.63, 3.8) is 0 Å². The molecule has 1 aliphatic rings. The molecule has 26 heavy (non-hydrogen) atoms. The highest BCUT2D eigenvalue weighted by Crippen LogP contribution is 2.31. The molecule has 2 aromatic rings. The fourth-order valence-corrected chi connectivity index (χ4v) is 2.80. The van der Waals surface area contributed by atoms with Crippen LogP contribution in [-0.2, 0) is 4.79 Å². The molecular weight excluding hydrogens is 334 g/mol. The van der Waals surface area contributed by atoms with E-state index in [4.69, 9.17) is 0 Å². The lowest BCUT2D eigenvalue weighted by molar-refractivity contribution is -0.116. The topological polar surface area (TPSA) is 101 Å². The van der Waals surface area contributed by atoms with Crippen LogP contribution < -0.4 is 0 Å². The van der Waals surface area contributed by atoms with Crippen LogP contribution >= 0.6 is 0 Å². The first-order valence-electron chi connectivity index (χ1n) is 8.07. The zero-order valence-corrected chi connectivity index (χ0v) is 14.2. The van der Waals surface area contributed by atoms with Crippen molar-refractivity contribution in [1.29, 1.82) is 0 Å². The van der Waals surface area contributed by atoms with Gasteiger partial charge in [0.15, 0.2) is 28.8 Å². The van der Waals surface area contributed by atoms with Gasteiger partial charge in [0.2, 0.25) is 0 Å². The van der Waals surface area contributed by atoms with Crippen LogP contribution in [0.2, 0.25) is 0 Å². The van der Waals surface area contributed by atoms with E-state index in [0.717, 1.165) is 0 Å². The Morgan fingerprint density at radius 2 is 1.38 bits per heavy atom. The lowest BCUT2D eigenvalue weighted by atomic mass is 9.95. The molecule has 1 aliphatic heterocycles. The van der Waals surface area contributed by atoms with Crippen LogP contribution in [0.5, 0.6) is 23.0 Å². The standard InChI is InChI=1S/C20H19NO5/c1-21-7-6-16(22)14(8-12-2-4-17(23)19(25)10-12)15(21)9-13-3-5-18(24)20(26)11-13/h2-5,8-11,23-26H,6-7H2,1H3. The second-order valence-corrected chi connectivity index (χ2v) is 6.18. The Bertz CT molecular complexity index is 930. The second-order valence-electron chi connectivity index (χ2n) is 6.18. The molecule has 1 heterocycles. The quantitative estimate of drug-likeness (QED) is 0.489. The first-order valence-corrected chi connectivity index (χ1v) is 8.07. The first-order chi connectivity index (χ1) is 12.3. The maximum Gasteiger partial charge on any atom is 0.166 e. The van der Waals surface area contributed by atoms with Crippen LogP contribution in [0.4, 0.5) is 0 Å². The van der Waals surface area contributed by atoms with Gasteiger partial charge in [-0.3, -0.25) is 4.79 Å². The van der Waals surface area contributed by atoms with Gasteiger partial charge >= 0.3 is 0 Å². The molecular formula is C20H19NO5. The molecule has 0 atom stereocenters. The van der Waals surface area contributed by atoms with Crippen molar-refractivity contribution >= 4 is 17.9 Å². The number of phenols is 4. The van der Waals surface area contributed by atoms with Gasteiger partial charge in [0.05, 0.1) is 0 Å². The van der Waals surface area contributed by atoms with E-state index in [9.17, 15) is 25.2 Å². The molecule has 2 aromatic carbocycles. The number of piperidine rings is 1. The maximum atomic E-state index is 12.5. The van der Waals surface area contributed by atoms with Crippen LogP contribution in [-0.4, -0.2) is 44.7 Å². The van der Waals surface area contributed by atoms with Crippen molar-refractivity contribution in [2.24, 2.45) is 0 Å². The van der Waals surface area contributed by atoms with Crippen molar-refractivity contribution in [3.05, 3.63) is 58.8 Å². The molecule has 0 aromatic heterocycles. The number of hydrogen-bond donors (Lipinski definition) is 4. The highest BCUT2D eigenvalue weighted by atomic mass is 16.3. The maximum absolute atomic E-state index is 12.5. The van der Waals surface area contributed by atoms with Crippen LogP contribution in [0.3, 0.4) is 0 Å². The van der Waals surface area contributed by atoms with E-state index < -0.39 is 0 Å². The van der Waals surface area contributed by atoms with E-state index in [-0.39, 0.29) is 28.8 Å². The van der Waals surface area contributed by atoms with Gasteiger partial charge in [-0.2, -0.15) is 0 Å². The number of carbonyl (C=O) groups excluding carboxylic acids is 1. The number of rotatable bonds is 2. The number of aromatic hydroxyl groups is 4. The molecule has 134 valence electrons. The monoisotopic (exact) mass is 353 g/mol. The van der Waals surface area contributed by atoms with Crippen molar-refractivity contribution in [2.75, 3.05) is 13.6 Å². The number of likely N-dealkylation sites (tertiary alicyclic amines) is 1. The minimum absolute atomic E-state index is 0.0371. The van der Waals surface area contributed by atoms with Crippen LogP contribution in [0.15, 0.2) is 47.7 Å². The molecule has 3 rings (SSSR count). The van der Waals surface area contributed by atoms with Crippen LogP contribution in [0, 0.1) is 0 Å². The smallest absolute Gasteiger partial charge is 0.166 e. The van der Waals surface area contributed by atoms with Crippen molar-refractivity contribution in [3.8, 4) is 23.0 Å². The van der Waals surface area contributed by atoms with Crippen molar-refractivity contribution < 1.29 is 25.2 Å². The Kier molecular flexibility index (Phi) is 4.58. The third-order valence-corrected chi connectivity index (χ3v) is 4.28. The highest BCUT2D eigenvalue weighted by molar-refractivity contribution is 6.05. The fourth-order valence-electron chi connectivity index (χ4n) is 2.80. The van der Waals surface area contributed by atoms with E-state index in [1.54, 1.807) is 24.3 Å². The number of phenolic OH excluding ortho intramolecular Hbond substituents is 4. The average Bonchev–Trinajstić information content (AvgIpc) is 2.60. The van der Waals surface area contributed by atoms with E-state index in [1.807, 2.05) is 11.9 Å². The summed E-state index contributed by atoms with van der Waals surface area (Å²) in [6, 6.07) is 8.79. The average molecular weight is 353 g/mol. The minimum Gasteiger partial charge on any atom is -0.504 e. The Morgan fingerprint density at radius 1 is 0.846 bits per heavy atom. The lowest BCUT2D eigenvalue weighted by Crippen LogP contribution is -2.30. The summed E-state index contributed by atoms with van der Waals surface area (Å²) < 4.78 is 0. The summed E-state index contributed by atoms with van der Waals surface area (Å²) in [6.45, 7) is 0.562. The predicted molar refractivity (Wildman–Crippen MR) is 97.8 cm³/mol. The normalized spacial score (nSPS) is 17.9. The van der Waals surface area contributed by atoms with Gasteiger partial charge in [-0.15, -0.1) is 0 Å². The van der Waals surface area contributed by atoms with Gasteiger partial charge in [-0.1, -0.05) is 12.1 Å². The summed E-state index contributed by atoms with van der Waals surface area (Å²) >= 11 is 0. The largest absolute Gasteiger partial charge is 0.504 e. The van der Waals surface area contributed by atoms with Gasteiger partial charge in [0, 0.05) is 31.3 Å². The Morgan fingerprint density at radius 3 is 1.92 bits per heavy atom. The predicted octanol–water partition coefficient (Wildman–Crippen LogP) is 2.84. The van der Waals surface area contributed by atoms with E-state index in [2.05, 4.69) is 0 Å². The third kappa shape index (κ3) is 3.49. The molecule has 6 heteroatoms. The van der Waals surface area contributed by atoms with E-state index >= 15 is 0 Å². The molecule has 6 nitrogen and oxygen atoms in total. The van der Waals surface area contributed by atoms with Gasteiger partial charge < -0.3 is 25.3 Å². The number of likely N-dealkylation sites (N-methyl/N-ethyl adjacent to an activating group) is 1. The summed E-state index contributed by atoms with van der Waals surface area (Å²) in [7, 11) is 1.86. The molecule has 1 saturated heterocycles. The Hall–Kier alpha value is -3.41. The van der Waals surface area contributed by atoms with Gasteiger partial charge in [0.25, 0.3) is 0 Å². The number of ketones is 1. The third-order valence-electron chi connectivity index (χ3n) is 4.28. The highest BCUT2D eigenvalue weighted by Gasteiger charge is 2.24. The van der Waals surface area contributed by atoms with E-state index in [0.29, 0.717) is 35.4 Å². The SMILES string of the molecule is CN1CCC(=O)C(=Cc2ccc(O)c(O)c2)C1=Cc1ccc(O)c(O)c1. The molecule has 0 unspecified atom stereocenters. The number of nitrogens with zero attached hydrogens (tertiary/aromatic N) is 1. The van der Waals surface area contributed by atoms with Crippen LogP contribution in [0.1, 0.15) is 17.5 Å². The molecule has 0 bridgehead atoms. The molecule has 0 spiro atoms. The number of benzene rings is 2. The molecule has 1 fully saturated rings. The Labute approximate surface area is 150 Å². The van der Waals surface area contributed by atoms with E-state index in [1.165, 1.54) is 24.3 Å².